The molecule has 2 aromatic rings. The van der Waals surface area contributed by atoms with E-state index in [2.05, 4.69) is 0 Å². The SMILES string of the molecule is COc1cc(CCCc2ccc(S(N)(=O)=O)cc2)cc(OC)c1OC. The lowest BCUT2D eigenvalue weighted by molar-refractivity contribution is 0.323. The first-order valence-corrected chi connectivity index (χ1v) is 9.34. The van der Waals surface area contributed by atoms with Crippen LogP contribution in [0.25, 0.3) is 0 Å². The third-order valence-corrected chi connectivity index (χ3v) is 4.84. The molecule has 2 N–H and O–H groups in total. The quantitative estimate of drug-likeness (QED) is 0.777. The first kappa shape index (κ1) is 19.1. The highest BCUT2D eigenvalue weighted by atomic mass is 32.2. The molecule has 0 bridgehead atoms. The fourth-order valence-corrected chi connectivity index (χ4v) is 3.14. The second-order valence-corrected chi connectivity index (χ2v) is 7.14. The fourth-order valence-electron chi connectivity index (χ4n) is 2.62. The van der Waals surface area contributed by atoms with Crippen molar-refractivity contribution in [3.05, 3.63) is 47.5 Å². The zero-order valence-corrected chi connectivity index (χ0v) is 15.4. The average Bonchev–Trinajstić information content (AvgIpc) is 2.60. The lowest BCUT2D eigenvalue weighted by atomic mass is 10.0. The number of benzene rings is 2. The van der Waals surface area contributed by atoms with E-state index >= 15 is 0 Å². The number of ether oxygens (including phenoxy) is 3. The first-order chi connectivity index (χ1) is 11.9. The third-order valence-electron chi connectivity index (χ3n) is 3.91. The summed E-state index contributed by atoms with van der Waals surface area (Å²) in [5, 5.41) is 5.10. The Morgan fingerprint density at radius 2 is 1.36 bits per heavy atom. The zero-order chi connectivity index (χ0) is 18.4. The van der Waals surface area contributed by atoms with Gasteiger partial charge in [-0.25, -0.2) is 13.6 Å². The molecule has 6 nitrogen and oxygen atoms in total. The van der Waals surface area contributed by atoms with Crippen LogP contribution in [0.5, 0.6) is 17.2 Å². The molecule has 0 aliphatic heterocycles. The van der Waals surface area contributed by atoms with Gasteiger partial charge in [0, 0.05) is 0 Å². The summed E-state index contributed by atoms with van der Waals surface area (Å²) in [7, 11) is 1.11. The number of aryl methyl sites for hydroxylation is 2. The molecule has 25 heavy (non-hydrogen) atoms. The van der Waals surface area contributed by atoms with Gasteiger partial charge in [-0.05, 0) is 54.7 Å². The molecule has 0 radical (unpaired) electrons. The molecule has 0 aliphatic carbocycles. The molecular weight excluding hydrogens is 342 g/mol. The Kier molecular flexibility index (Phi) is 6.27. The molecule has 0 saturated heterocycles. The number of methoxy groups -OCH3 is 3. The summed E-state index contributed by atoms with van der Waals surface area (Å²) in [5.74, 6) is 1.84. The number of sulfonamides is 1. The Morgan fingerprint density at radius 3 is 1.80 bits per heavy atom. The van der Waals surface area contributed by atoms with Crippen molar-refractivity contribution < 1.29 is 22.6 Å². The highest BCUT2D eigenvalue weighted by Gasteiger charge is 2.13. The van der Waals surface area contributed by atoms with Gasteiger partial charge in [0.1, 0.15) is 0 Å². The van der Waals surface area contributed by atoms with Crippen LogP contribution in [0.2, 0.25) is 0 Å². The minimum Gasteiger partial charge on any atom is -0.493 e. The van der Waals surface area contributed by atoms with Crippen LogP contribution in [0.3, 0.4) is 0 Å². The number of nitrogens with two attached hydrogens (primary N) is 1. The number of hydrogen-bond acceptors (Lipinski definition) is 5. The number of hydrogen-bond donors (Lipinski definition) is 1. The van der Waals surface area contributed by atoms with Gasteiger partial charge >= 0.3 is 0 Å². The van der Waals surface area contributed by atoms with Crippen LogP contribution >= 0.6 is 0 Å². The minimum absolute atomic E-state index is 0.126. The highest BCUT2D eigenvalue weighted by Crippen LogP contribution is 2.38. The molecular formula is C18H23NO5S. The largest absolute Gasteiger partial charge is 0.493 e. The zero-order valence-electron chi connectivity index (χ0n) is 14.6. The van der Waals surface area contributed by atoms with Crippen molar-refractivity contribution in [2.45, 2.75) is 24.2 Å². The lowest BCUT2D eigenvalue weighted by Crippen LogP contribution is -2.11. The first-order valence-electron chi connectivity index (χ1n) is 7.79. The maximum atomic E-state index is 11.3. The Balaban J connectivity index is 2.04. The molecule has 2 rings (SSSR count). The van der Waals surface area contributed by atoms with Gasteiger partial charge in [-0.2, -0.15) is 0 Å². The van der Waals surface area contributed by atoms with Gasteiger partial charge in [-0.15, -0.1) is 0 Å². The van der Waals surface area contributed by atoms with Gasteiger partial charge < -0.3 is 14.2 Å². The summed E-state index contributed by atoms with van der Waals surface area (Å²) in [5.41, 5.74) is 2.13. The van der Waals surface area contributed by atoms with Gasteiger partial charge in [-0.1, -0.05) is 12.1 Å². The van der Waals surface area contributed by atoms with E-state index in [1.165, 1.54) is 12.1 Å². The summed E-state index contributed by atoms with van der Waals surface area (Å²) in [4.78, 5) is 0.126. The Bertz CT molecular complexity index is 791. The fraction of sp³-hybridized carbons (Fsp3) is 0.333. The van der Waals surface area contributed by atoms with Gasteiger partial charge in [0.25, 0.3) is 0 Å². The maximum Gasteiger partial charge on any atom is 0.238 e. The molecule has 0 unspecified atom stereocenters. The normalized spacial score (nSPS) is 11.2. The molecule has 0 heterocycles. The number of primary sulfonamides is 1. The van der Waals surface area contributed by atoms with E-state index in [0.29, 0.717) is 17.2 Å². The highest BCUT2D eigenvalue weighted by molar-refractivity contribution is 7.89. The van der Waals surface area contributed by atoms with Gasteiger partial charge in [0.15, 0.2) is 11.5 Å². The van der Waals surface area contributed by atoms with Crippen molar-refractivity contribution in [2.75, 3.05) is 21.3 Å². The molecule has 0 spiro atoms. The summed E-state index contributed by atoms with van der Waals surface area (Å²) in [6.45, 7) is 0. The van der Waals surface area contributed by atoms with Crippen molar-refractivity contribution >= 4 is 10.0 Å². The smallest absolute Gasteiger partial charge is 0.238 e. The van der Waals surface area contributed by atoms with E-state index in [1.54, 1.807) is 33.5 Å². The van der Waals surface area contributed by atoms with Gasteiger partial charge in [0.2, 0.25) is 15.8 Å². The lowest BCUT2D eigenvalue weighted by Gasteiger charge is -2.14. The monoisotopic (exact) mass is 365 g/mol. The Hall–Kier alpha value is -2.25. The summed E-state index contributed by atoms with van der Waals surface area (Å²) in [6, 6.07) is 10.5. The standard InChI is InChI=1S/C18H23NO5S/c1-22-16-11-14(12-17(23-2)18(16)24-3)6-4-5-13-7-9-15(10-8-13)25(19,20)21/h7-12H,4-6H2,1-3H3,(H2,19,20,21). The van der Waals surface area contributed by atoms with E-state index in [1.807, 2.05) is 12.1 Å². The van der Waals surface area contributed by atoms with Crippen LogP contribution in [0.4, 0.5) is 0 Å². The van der Waals surface area contributed by atoms with Crippen molar-refractivity contribution in [1.29, 1.82) is 0 Å². The summed E-state index contributed by atoms with van der Waals surface area (Å²) < 4.78 is 38.5. The van der Waals surface area contributed by atoms with Crippen LogP contribution in [0.1, 0.15) is 17.5 Å². The van der Waals surface area contributed by atoms with Crippen molar-refractivity contribution in [1.82, 2.24) is 0 Å². The van der Waals surface area contributed by atoms with Crippen LogP contribution in [0.15, 0.2) is 41.3 Å². The molecule has 0 aromatic heterocycles. The number of rotatable bonds is 8. The molecule has 0 fully saturated rings. The van der Waals surface area contributed by atoms with Gasteiger partial charge in [-0.3, -0.25) is 0 Å². The molecule has 136 valence electrons. The second-order valence-electron chi connectivity index (χ2n) is 5.58. The summed E-state index contributed by atoms with van der Waals surface area (Å²) >= 11 is 0. The Morgan fingerprint density at radius 1 is 0.840 bits per heavy atom. The molecule has 0 aliphatic rings. The third kappa shape index (κ3) is 4.87. The van der Waals surface area contributed by atoms with Crippen LogP contribution in [0, 0.1) is 0 Å². The molecule has 0 saturated carbocycles. The topological polar surface area (TPSA) is 87.9 Å². The van der Waals surface area contributed by atoms with E-state index < -0.39 is 10.0 Å². The Labute approximate surface area is 148 Å². The van der Waals surface area contributed by atoms with E-state index in [0.717, 1.165) is 30.4 Å². The molecule has 7 heteroatoms. The van der Waals surface area contributed by atoms with Crippen LogP contribution in [-0.2, 0) is 22.9 Å². The maximum absolute atomic E-state index is 11.3. The van der Waals surface area contributed by atoms with Crippen molar-refractivity contribution in [2.24, 2.45) is 5.14 Å². The van der Waals surface area contributed by atoms with Gasteiger partial charge in [0.05, 0.1) is 26.2 Å². The average molecular weight is 365 g/mol. The predicted octanol–water partition coefficient (Wildman–Crippen LogP) is 2.54. The van der Waals surface area contributed by atoms with E-state index in [9.17, 15) is 8.42 Å². The van der Waals surface area contributed by atoms with Crippen LogP contribution < -0.4 is 19.3 Å². The van der Waals surface area contributed by atoms with E-state index in [4.69, 9.17) is 19.3 Å². The molecule has 0 atom stereocenters. The van der Waals surface area contributed by atoms with Crippen molar-refractivity contribution in [3.63, 3.8) is 0 Å². The molecule has 2 aromatic carbocycles. The summed E-state index contributed by atoms with van der Waals surface area (Å²) in [6.07, 6.45) is 2.54. The predicted molar refractivity (Wildman–Crippen MR) is 95.9 cm³/mol. The molecule has 0 amide bonds. The second kappa shape index (κ2) is 8.22. The minimum atomic E-state index is -3.64. The van der Waals surface area contributed by atoms with Crippen molar-refractivity contribution in [3.8, 4) is 17.2 Å². The van der Waals surface area contributed by atoms with E-state index in [-0.39, 0.29) is 4.90 Å². The van der Waals surface area contributed by atoms with Crippen LogP contribution in [-0.4, -0.2) is 29.7 Å².